The van der Waals surface area contributed by atoms with Gasteiger partial charge in [-0.15, -0.1) is 0 Å². The van der Waals surface area contributed by atoms with E-state index in [4.69, 9.17) is 4.42 Å². The first-order valence-electron chi connectivity index (χ1n) is 11.1. The monoisotopic (exact) mass is 409 g/mol. The molecule has 2 aromatic rings. The minimum Gasteiger partial charge on any atom is -0.436 e. The summed E-state index contributed by atoms with van der Waals surface area (Å²) < 4.78 is 5.51. The first-order valence-corrected chi connectivity index (χ1v) is 11.1. The first-order chi connectivity index (χ1) is 14.5. The number of nitrogens with zero attached hydrogens (tertiary/aromatic N) is 3. The molecule has 2 saturated heterocycles. The van der Waals surface area contributed by atoms with Crippen LogP contribution >= 0.6 is 0 Å². The topological polar surface area (TPSA) is 66.7 Å². The summed E-state index contributed by atoms with van der Waals surface area (Å²) in [4.78, 5) is 34.3. The molecule has 1 aromatic heterocycles. The summed E-state index contributed by atoms with van der Waals surface area (Å²) in [6.45, 7) is 6.44. The molecule has 0 N–H and O–H groups in total. The van der Waals surface area contributed by atoms with E-state index in [9.17, 15) is 9.59 Å². The predicted octanol–water partition coefficient (Wildman–Crippen LogP) is 3.97. The fraction of sp³-hybridized carbons (Fsp3) is 0.542. The highest BCUT2D eigenvalue weighted by molar-refractivity contribution is 5.92. The highest BCUT2D eigenvalue weighted by Crippen LogP contribution is 2.33. The molecule has 1 atom stereocenters. The third-order valence-corrected chi connectivity index (χ3v) is 6.53. The molecule has 0 spiro atoms. The zero-order valence-electron chi connectivity index (χ0n) is 18.0. The van der Waals surface area contributed by atoms with Gasteiger partial charge in [-0.3, -0.25) is 9.59 Å². The Kier molecular flexibility index (Phi) is 6.21. The third-order valence-electron chi connectivity index (χ3n) is 6.53. The van der Waals surface area contributed by atoms with Crippen LogP contribution in [0.15, 0.2) is 34.7 Å². The summed E-state index contributed by atoms with van der Waals surface area (Å²) in [5.41, 5.74) is 1.83. The van der Waals surface area contributed by atoms with Crippen molar-refractivity contribution in [1.29, 1.82) is 0 Å². The van der Waals surface area contributed by atoms with Crippen LogP contribution in [0.4, 0.5) is 0 Å². The van der Waals surface area contributed by atoms with Crippen LogP contribution in [0.25, 0.3) is 0 Å². The zero-order valence-corrected chi connectivity index (χ0v) is 18.0. The normalized spacial score (nSPS) is 21.0. The maximum absolute atomic E-state index is 13.4. The summed E-state index contributed by atoms with van der Waals surface area (Å²) in [7, 11) is 0. The molecule has 0 saturated carbocycles. The number of rotatable bonds is 4. The molecular formula is C24H31N3O3. The maximum atomic E-state index is 13.4. The summed E-state index contributed by atoms with van der Waals surface area (Å²) in [6.07, 6.45) is 4.86. The van der Waals surface area contributed by atoms with Crippen LogP contribution in [-0.2, 0) is 11.3 Å². The molecule has 3 heterocycles. The van der Waals surface area contributed by atoms with E-state index >= 15 is 0 Å². The molecule has 1 aromatic carbocycles. The molecule has 2 aliphatic rings. The number of aromatic nitrogens is 1. The Bertz CT molecular complexity index is 884. The van der Waals surface area contributed by atoms with E-state index in [1.165, 1.54) is 5.56 Å². The maximum Gasteiger partial charge on any atom is 0.291 e. The summed E-state index contributed by atoms with van der Waals surface area (Å²) in [5, 5.41) is 0. The lowest BCUT2D eigenvalue weighted by atomic mass is 9.81. The molecule has 0 unspecified atom stereocenters. The van der Waals surface area contributed by atoms with Crippen molar-refractivity contribution < 1.29 is 14.0 Å². The number of amides is 2. The second-order valence-electron chi connectivity index (χ2n) is 8.62. The summed E-state index contributed by atoms with van der Waals surface area (Å²) in [5.74, 6) is 1.50. The van der Waals surface area contributed by atoms with E-state index in [2.05, 4.69) is 17.1 Å². The van der Waals surface area contributed by atoms with Crippen LogP contribution in [0.1, 0.15) is 59.8 Å². The van der Waals surface area contributed by atoms with E-state index < -0.39 is 0 Å². The van der Waals surface area contributed by atoms with Gasteiger partial charge in [0.05, 0.1) is 5.69 Å². The minimum atomic E-state index is -0.0792. The number of likely N-dealkylation sites (tertiary alicyclic amines) is 2. The molecule has 0 aliphatic carbocycles. The minimum absolute atomic E-state index is 0.0720. The van der Waals surface area contributed by atoms with Crippen LogP contribution < -0.4 is 0 Å². The van der Waals surface area contributed by atoms with Gasteiger partial charge >= 0.3 is 0 Å². The number of carbonyl (C=O) groups excluding carboxylic acids is 2. The lowest BCUT2D eigenvalue weighted by Crippen LogP contribution is -2.44. The Balaban J connectivity index is 1.38. The van der Waals surface area contributed by atoms with Gasteiger partial charge in [0, 0.05) is 39.0 Å². The van der Waals surface area contributed by atoms with Crippen molar-refractivity contribution in [2.24, 2.45) is 11.8 Å². The van der Waals surface area contributed by atoms with Crippen LogP contribution in [0.3, 0.4) is 0 Å². The fourth-order valence-electron chi connectivity index (χ4n) is 4.91. The second-order valence-corrected chi connectivity index (χ2v) is 8.62. The molecule has 0 radical (unpaired) electrons. The lowest BCUT2D eigenvalue weighted by Gasteiger charge is -2.36. The van der Waals surface area contributed by atoms with Gasteiger partial charge in [0.15, 0.2) is 5.89 Å². The molecule has 4 rings (SSSR count). The number of oxazole rings is 1. The Labute approximate surface area is 178 Å². The predicted molar refractivity (Wildman–Crippen MR) is 114 cm³/mol. The molecule has 2 aliphatic heterocycles. The standard InChI is InChI=1S/C24H31N3O3/c1-17-22(30-18(2)25-17)24(29)26-14-11-20(12-15-26)21-10-6-7-13-27(23(21)28)16-19-8-4-3-5-9-19/h3-5,8-9,20-21H,6-7,10-16H2,1-2H3/t21-/m1/s1. The Morgan fingerprint density at radius 3 is 2.47 bits per heavy atom. The number of aryl methyl sites for hydroxylation is 2. The van der Waals surface area contributed by atoms with Crippen molar-refractivity contribution in [3.8, 4) is 0 Å². The van der Waals surface area contributed by atoms with Crippen LogP contribution in [-0.4, -0.2) is 46.2 Å². The first kappa shape index (κ1) is 20.6. The molecule has 2 fully saturated rings. The van der Waals surface area contributed by atoms with Crippen LogP contribution in [0.2, 0.25) is 0 Å². The van der Waals surface area contributed by atoms with E-state index in [0.29, 0.717) is 48.8 Å². The largest absolute Gasteiger partial charge is 0.436 e. The second kappa shape index (κ2) is 9.02. The van der Waals surface area contributed by atoms with Gasteiger partial charge in [-0.05, 0) is 44.1 Å². The average molecular weight is 410 g/mol. The summed E-state index contributed by atoms with van der Waals surface area (Å²) >= 11 is 0. The molecule has 6 heteroatoms. The van der Waals surface area contributed by atoms with Gasteiger partial charge in [0.2, 0.25) is 11.7 Å². The fourth-order valence-corrected chi connectivity index (χ4v) is 4.91. The van der Waals surface area contributed by atoms with Gasteiger partial charge in [0.25, 0.3) is 5.91 Å². The molecular weight excluding hydrogens is 378 g/mol. The van der Waals surface area contributed by atoms with E-state index in [1.807, 2.05) is 34.9 Å². The smallest absolute Gasteiger partial charge is 0.291 e. The van der Waals surface area contributed by atoms with Crippen molar-refractivity contribution in [2.45, 2.75) is 52.5 Å². The lowest BCUT2D eigenvalue weighted by molar-refractivity contribution is -0.137. The van der Waals surface area contributed by atoms with E-state index in [0.717, 1.165) is 38.6 Å². The van der Waals surface area contributed by atoms with Crippen molar-refractivity contribution in [1.82, 2.24) is 14.8 Å². The van der Waals surface area contributed by atoms with Gasteiger partial charge < -0.3 is 14.2 Å². The quantitative estimate of drug-likeness (QED) is 0.766. The molecule has 0 bridgehead atoms. The van der Waals surface area contributed by atoms with E-state index in [-0.39, 0.29) is 11.8 Å². The van der Waals surface area contributed by atoms with Gasteiger partial charge in [-0.1, -0.05) is 36.8 Å². The van der Waals surface area contributed by atoms with Crippen molar-refractivity contribution in [3.05, 3.63) is 53.2 Å². The zero-order chi connectivity index (χ0) is 21.1. The van der Waals surface area contributed by atoms with Crippen LogP contribution in [0.5, 0.6) is 0 Å². The Morgan fingerprint density at radius 2 is 1.80 bits per heavy atom. The van der Waals surface area contributed by atoms with Gasteiger partial charge in [0.1, 0.15) is 0 Å². The van der Waals surface area contributed by atoms with Crippen molar-refractivity contribution >= 4 is 11.8 Å². The molecule has 6 nitrogen and oxygen atoms in total. The Hall–Kier alpha value is -2.63. The van der Waals surface area contributed by atoms with Gasteiger partial charge in [-0.25, -0.2) is 4.98 Å². The number of hydrogen-bond acceptors (Lipinski definition) is 4. The van der Waals surface area contributed by atoms with Crippen LogP contribution in [0, 0.1) is 25.7 Å². The van der Waals surface area contributed by atoms with Gasteiger partial charge in [-0.2, -0.15) is 0 Å². The highest BCUT2D eigenvalue weighted by Gasteiger charge is 2.36. The molecule has 160 valence electrons. The SMILES string of the molecule is Cc1nc(C)c(C(=O)N2CCC([C@H]3CCCCN(Cc4ccccc4)C3=O)CC2)o1. The number of piperidine rings is 1. The summed E-state index contributed by atoms with van der Waals surface area (Å²) in [6, 6.07) is 10.2. The van der Waals surface area contributed by atoms with E-state index in [1.54, 1.807) is 6.92 Å². The number of carbonyl (C=O) groups is 2. The molecule has 2 amide bonds. The van der Waals surface area contributed by atoms with Crippen molar-refractivity contribution in [3.63, 3.8) is 0 Å². The average Bonchev–Trinajstić information content (AvgIpc) is 3.00. The Morgan fingerprint density at radius 1 is 1.07 bits per heavy atom. The molecule has 30 heavy (non-hydrogen) atoms. The van der Waals surface area contributed by atoms with Crippen molar-refractivity contribution in [2.75, 3.05) is 19.6 Å². The number of benzene rings is 1. The highest BCUT2D eigenvalue weighted by atomic mass is 16.4. The number of hydrogen-bond donors (Lipinski definition) is 0. The third kappa shape index (κ3) is 4.42.